The molecule has 1 amide bonds. The number of halogens is 2. The Bertz CT molecular complexity index is 1470. The van der Waals surface area contributed by atoms with Gasteiger partial charge in [-0.1, -0.05) is 53.2 Å². The molecule has 0 saturated carbocycles. The smallest absolute Gasteiger partial charge is 0.271 e. The lowest BCUT2D eigenvalue weighted by Crippen LogP contribution is -2.23. The average molecular weight is 475 g/mol. The van der Waals surface area contributed by atoms with Gasteiger partial charge in [0.1, 0.15) is 17.8 Å². The molecule has 0 saturated heterocycles. The molecule has 0 spiro atoms. The van der Waals surface area contributed by atoms with E-state index in [1.165, 1.54) is 24.5 Å². The van der Waals surface area contributed by atoms with Crippen LogP contribution < -0.4 is 5.32 Å². The van der Waals surface area contributed by atoms with Crippen LogP contribution in [-0.4, -0.2) is 30.6 Å². The van der Waals surface area contributed by atoms with Crippen molar-refractivity contribution in [2.75, 3.05) is 0 Å². The van der Waals surface area contributed by atoms with Gasteiger partial charge < -0.3 is 9.84 Å². The molecular formula is C24H16ClFN6O2. The zero-order valence-electron chi connectivity index (χ0n) is 17.5. The van der Waals surface area contributed by atoms with Gasteiger partial charge in [-0.15, -0.1) is 0 Å². The summed E-state index contributed by atoms with van der Waals surface area (Å²) < 4.78 is 20.3. The van der Waals surface area contributed by atoms with Crippen LogP contribution in [0.5, 0.6) is 0 Å². The number of nitrogens with zero attached hydrogens (tertiary/aromatic N) is 5. The van der Waals surface area contributed by atoms with E-state index in [4.69, 9.17) is 16.1 Å². The quantitative estimate of drug-likeness (QED) is 0.383. The number of rotatable bonds is 6. The largest absolute Gasteiger partial charge is 0.347 e. The Balaban J connectivity index is 1.37. The molecule has 0 aliphatic rings. The van der Waals surface area contributed by atoms with E-state index in [1.807, 2.05) is 30.3 Å². The molecular weight excluding hydrogens is 459 g/mol. The maximum atomic E-state index is 13.2. The van der Waals surface area contributed by atoms with Crippen molar-refractivity contribution in [2.24, 2.45) is 0 Å². The highest BCUT2D eigenvalue weighted by Gasteiger charge is 2.18. The number of pyridine rings is 1. The normalized spacial score (nSPS) is 10.9. The Labute approximate surface area is 198 Å². The van der Waals surface area contributed by atoms with Gasteiger partial charge in [0.25, 0.3) is 11.8 Å². The van der Waals surface area contributed by atoms with Crippen LogP contribution in [0.2, 0.25) is 5.02 Å². The molecule has 0 radical (unpaired) electrons. The average Bonchev–Trinajstić information content (AvgIpc) is 3.54. The Morgan fingerprint density at radius 1 is 1.09 bits per heavy atom. The summed E-state index contributed by atoms with van der Waals surface area (Å²) in [5.74, 6) is 0.352. The minimum absolute atomic E-state index is 0.129. The van der Waals surface area contributed by atoms with Gasteiger partial charge >= 0.3 is 0 Å². The van der Waals surface area contributed by atoms with Crippen LogP contribution in [0.4, 0.5) is 4.39 Å². The maximum Gasteiger partial charge on any atom is 0.271 e. The molecule has 2 aromatic carbocycles. The summed E-state index contributed by atoms with van der Waals surface area (Å²) in [5.41, 5.74) is 2.17. The van der Waals surface area contributed by atoms with Crippen molar-refractivity contribution in [2.45, 2.75) is 6.54 Å². The third-order valence-electron chi connectivity index (χ3n) is 4.99. The van der Waals surface area contributed by atoms with Gasteiger partial charge in [-0.05, 0) is 29.8 Å². The fourth-order valence-corrected chi connectivity index (χ4v) is 3.53. The molecule has 0 bridgehead atoms. The summed E-state index contributed by atoms with van der Waals surface area (Å²) in [5, 5.41) is 7.02. The van der Waals surface area contributed by atoms with Crippen LogP contribution in [0.3, 0.4) is 0 Å². The number of amides is 1. The van der Waals surface area contributed by atoms with Crippen LogP contribution in [-0.2, 0) is 6.54 Å². The third-order valence-corrected chi connectivity index (χ3v) is 5.34. The van der Waals surface area contributed by atoms with E-state index in [2.05, 4.69) is 25.4 Å². The first-order valence-electron chi connectivity index (χ1n) is 10.2. The summed E-state index contributed by atoms with van der Waals surface area (Å²) in [4.78, 5) is 25.7. The van der Waals surface area contributed by atoms with Crippen molar-refractivity contribution in [1.82, 2.24) is 30.0 Å². The van der Waals surface area contributed by atoms with Crippen molar-refractivity contribution < 1.29 is 13.7 Å². The van der Waals surface area contributed by atoms with Gasteiger partial charge in [-0.3, -0.25) is 9.36 Å². The molecule has 8 nitrogen and oxygen atoms in total. The van der Waals surface area contributed by atoms with Crippen molar-refractivity contribution in [1.29, 1.82) is 0 Å². The number of hydrogen-bond donors (Lipinski definition) is 1. The van der Waals surface area contributed by atoms with Crippen molar-refractivity contribution in [3.05, 3.63) is 101 Å². The lowest BCUT2D eigenvalue weighted by Gasteiger charge is -2.06. The van der Waals surface area contributed by atoms with Crippen molar-refractivity contribution >= 4 is 17.5 Å². The Kier molecular flexibility index (Phi) is 5.84. The molecule has 5 aromatic rings. The van der Waals surface area contributed by atoms with Crippen molar-refractivity contribution in [3.8, 4) is 28.7 Å². The molecule has 168 valence electrons. The molecule has 1 N–H and O–H groups in total. The molecule has 0 atom stereocenters. The second kappa shape index (κ2) is 9.24. The van der Waals surface area contributed by atoms with Crippen molar-refractivity contribution in [3.63, 3.8) is 0 Å². The molecule has 0 unspecified atom stereocenters. The highest BCUT2D eigenvalue weighted by Crippen LogP contribution is 2.26. The number of aromatic nitrogens is 5. The van der Waals surface area contributed by atoms with E-state index >= 15 is 0 Å². The minimum atomic E-state index is -0.442. The van der Waals surface area contributed by atoms with Gasteiger partial charge in [0.15, 0.2) is 5.82 Å². The number of hydrogen-bond acceptors (Lipinski definition) is 6. The first-order valence-corrected chi connectivity index (χ1v) is 10.6. The van der Waals surface area contributed by atoms with E-state index in [-0.39, 0.29) is 23.2 Å². The molecule has 10 heteroatoms. The Morgan fingerprint density at radius 3 is 2.76 bits per heavy atom. The zero-order valence-corrected chi connectivity index (χ0v) is 18.3. The number of carbonyl (C=O) groups excluding carboxylic acids is 1. The fourth-order valence-electron chi connectivity index (χ4n) is 3.29. The zero-order chi connectivity index (χ0) is 23.5. The molecule has 0 aliphatic carbocycles. The Hall–Kier alpha value is -4.37. The van der Waals surface area contributed by atoms with Crippen LogP contribution in [0.25, 0.3) is 28.7 Å². The predicted octanol–water partition coefficient (Wildman–Crippen LogP) is 4.71. The van der Waals surface area contributed by atoms with Gasteiger partial charge in [-0.25, -0.2) is 14.4 Å². The van der Waals surface area contributed by atoms with Crippen LogP contribution in [0, 0.1) is 5.82 Å². The summed E-state index contributed by atoms with van der Waals surface area (Å²) in [7, 11) is 0. The molecule has 0 aliphatic heterocycles. The predicted molar refractivity (Wildman–Crippen MR) is 123 cm³/mol. The number of benzene rings is 2. The first kappa shape index (κ1) is 21.5. The number of nitrogens with one attached hydrogen (secondary N) is 1. The van der Waals surface area contributed by atoms with Gasteiger partial charge in [0.2, 0.25) is 5.82 Å². The fraction of sp³-hybridized carbons (Fsp3) is 0.0417. The minimum Gasteiger partial charge on any atom is -0.347 e. The number of carbonyl (C=O) groups is 1. The monoisotopic (exact) mass is 474 g/mol. The Morgan fingerprint density at radius 2 is 1.94 bits per heavy atom. The van der Waals surface area contributed by atoms with Gasteiger partial charge in [0, 0.05) is 29.5 Å². The third kappa shape index (κ3) is 4.41. The van der Waals surface area contributed by atoms with E-state index in [0.29, 0.717) is 22.8 Å². The lowest BCUT2D eigenvalue weighted by atomic mass is 10.2. The van der Waals surface area contributed by atoms with E-state index < -0.39 is 11.7 Å². The first-order chi connectivity index (χ1) is 16.6. The summed E-state index contributed by atoms with van der Waals surface area (Å²) in [6.45, 7) is 0.129. The molecule has 0 fully saturated rings. The number of imidazole rings is 1. The highest BCUT2D eigenvalue weighted by atomic mass is 35.5. The van der Waals surface area contributed by atoms with Crippen LogP contribution >= 0.6 is 11.6 Å². The standard InChI is InChI=1S/C24H16ClFN6O2/c25-19-11-17(26)9-8-16(19)12-28-23(33)20-13-32(14-29-20)22-18(7-4-10-27-22)24-30-21(31-34-24)15-5-2-1-3-6-15/h1-11,13-14H,12H2,(H,28,33). The van der Waals surface area contributed by atoms with E-state index in [9.17, 15) is 9.18 Å². The van der Waals surface area contributed by atoms with Gasteiger partial charge in [0.05, 0.1) is 5.56 Å². The lowest BCUT2D eigenvalue weighted by molar-refractivity contribution is 0.0946. The van der Waals surface area contributed by atoms with Gasteiger partial charge in [-0.2, -0.15) is 4.98 Å². The maximum absolute atomic E-state index is 13.2. The topological polar surface area (TPSA) is 98.7 Å². The van der Waals surface area contributed by atoms with Crippen LogP contribution in [0.1, 0.15) is 16.1 Å². The second-order valence-electron chi connectivity index (χ2n) is 7.25. The molecule has 3 aromatic heterocycles. The molecule has 5 rings (SSSR count). The molecule has 3 heterocycles. The molecule has 34 heavy (non-hydrogen) atoms. The highest BCUT2D eigenvalue weighted by molar-refractivity contribution is 6.31. The van der Waals surface area contributed by atoms with E-state index in [1.54, 1.807) is 29.1 Å². The SMILES string of the molecule is O=C(NCc1ccc(F)cc1Cl)c1cn(-c2ncccc2-c2nc(-c3ccccc3)no2)cn1. The van der Waals surface area contributed by atoms with Crippen LogP contribution in [0.15, 0.2) is 83.9 Å². The summed E-state index contributed by atoms with van der Waals surface area (Å²) >= 11 is 6.02. The second-order valence-corrected chi connectivity index (χ2v) is 7.66. The summed E-state index contributed by atoms with van der Waals surface area (Å²) in [6, 6.07) is 17.0. The summed E-state index contributed by atoms with van der Waals surface area (Å²) in [6.07, 6.45) is 4.63. The van der Waals surface area contributed by atoms with E-state index in [0.717, 1.165) is 5.56 Å².